The van der Waals surface area contributed by atoms with Crippen LogP contribution in [0.1, 0.15) is 59.1 Å². The monoisotopic (exact) mass is 350 g/mol. The third-order valence-corrected chi connectivity index (χ3v) is 4.04. The number of carboxylic acid groups (broad SMARTS) is 1. The zero-order valence-electron chi connectivity index (χ0n) is 15.8. The summed E-state index contributed by atoms with van der Waals surface area (Å²) >= 11 is 0. The van der Waals surface area contributed by atoms with E-state index >= 15 is 0 Å². The molecular weight excluding hydrogens is 320 g/mol. The second-order valence-electron chi connectivity index (χ2n) is 7.51. The number of aliphatic carboxylic acids is 1. The van der Waals surface area contributed by atoms with Crippen LogP contribution in [0, 0.1) is 0 Å². The van der Waals surface area contributed by atoms with Crippen LogP contribution in [0.3, 0.4) is 0 Å². The summed E-state index contributed by atoms with van der Waals surface area (Å²) in [5.74, 6) is -0.976. The molecule has 2 atom stereocenters. The summed E-state index contributed by atoms with van der Waals surface area (Å²) in [6, 6.07) is 10.2. The van der Waals surface area contributed by atoms with Gasteiger partial charge in [-0.25, -0.2) is 9.59 Å². The van der Waals surface area contributed by atoms with Crippen molar-refractivity contribution >= 4 is 12.1 Å². The topological polar surface area (TPSA) is 92.9 Å². The summed E-state index contributed by atoms with van der Waals surface area (Å²) in [6.45, 7) is 9.27. The smallest absolute Gasteiger partial charge is 0.411 e. The molecule has 0 unspecified atom stereocenters. The standard InChI is InChI=1S/C11H19NO4.C8H11N/c1-10(2,3)16-9(15)12-7-5-6-11(12,4)8(13)14;1-7(9)8-5-3-2-4-6-8/h5-7H2,1-4H3,(H,13,14);2-7H,9H2,1H3/t11-;7-/m01/s1. The maximum Gasteiger partial charge on any atom is 0.411 e. The molecule has 2 rings (SSSR count). The summed E-state index contributed by atoms with van der Waals surface area (Å²) < 4.78 is 5.19. The van der Waals surface area contributed by atoms with Crippen LogP contribution in [0.5, 0.6) is 0 Å². The first kappa shape index (κ1) is 21.0. The Kier molecular flexibility index (Phi) is 6.99. The van der Waals surface area contributed by atoms with E-state index in [9.17, 15) is 9.59 Å². The second-order valence-corrected chi connectivity index (χ2v) is 7.51. The van der Waals surface area contributed by atoms with E-state index in [0.717, 1.165) is 0 Å². The minimum Gasteiger partial charge on any atom is -0.480 e. The molecule has 1 amide bonds. The number of rotatable bonds is 2. The van der Waals surface area contributed by atoms with Gasteiger partial charge in [0.1, 0.15) is 11.1 Å². The molecule has 1 heterocycles. The Bertz CT molecular complexity index is 581. The van der Waals surface area contributed by atoms with Crippen LogP contribution in [-0.4, -0.2) is 39.8 Å². The van der Waals surface area contributed by atoms with Gasteiger partial charge in [0.05, 0.1) is 0 Å². The molecule has 0 aromatic heterocycles. The zero-order chi connectivity index (χ0) is 19.3. The first-order valence-corrected chi connectivity index (χ1v) is 8.52. The van der Waals surface area contributed by atoms with Crippen molar-refractivity contribution < 1.29 is 19.4 Å². The highest BCUT2D eigenvalue weighted by molar-refractivity contribution is 5.84. The van der Waals surface area contributed by atoms with Gasteiger partial charge in [-0.05, 0) is 53.0 Å². The Balaban J connectivity index is 0.000000293. The van der Waals surface area contributed by atoms with Crippen molar-refractivity contribution in [3.8, 4) is 0 Å². The quantitative estimate of drug-likeness (QED) is 0.850. The highest BCUT2D eigenvalue weighted by Gasteiger charge is 2.47. The molecule has 1 aromatic rings. The number of carbonyl (C=O) groups is 2. The summed E-state index contributed by atoms with van der Waals surface area (Å²) in [6.07, 6.45) is 0.624. The van der Waals surface area contributed by atoms with E-state index in [2.05, 4.69) is 0 Å². The van der Waals surface area contributed by atoms with Crippen molar-refractivity contribution in [2.75, 3.05) is 6.54 Å². The normalized spacial score (nSPS) is 21.1. The number of hydrogen-bond acceptors (Lipinski definition) is 4. The maximum absolute atomic E-state index is 11.8. The molecule has 25 heavy (non-hydrogen) atoms. The van der Waals surface area contributed by atoms with E-state index in [1.807, 2.05) is 37.3 Å². The first-order chi connectivity index (χ1) is 11.5. The predicted octanol–water partition coefficient (Wildman–Crippen LogP) is 3.57. The molecule has 1 aliphatic rings. The van der Waals surface area contributed by atoms with Gasteiger partial charge >= 0.3 is 12.1 Å². The molecule has 1 saturated heterocycles. The average molecular weight is 350 g/mol. The third kappa shape index (κ3) is 6.05. The Morgan fingerprint density at radius 2 is 1.84 bits per heavy atom. The number of hydrogen-bond donors (Lipinski definition) is 2. The molecule has 0 radical (unpaired) electrons. The van der Waals surface area contributed by atoms with Crippen LogP contribution in [0.4, 0.5) is 4.79 Å². The molecule has 0 spiro atoms. The van der Waals surface area contributed by atoms with E-state index in [-0.39, 0.29) is 6.04 Å². The van der Waals surface area contributed by atoms with Gasteiger partial charge in [-0.1, -0.05) is 30.3 Å². The van der Waals surface area contributed by atoms with Crippen molar-refractivity contribution in [2.45, 2.75) is 64.6 Å². The van der Waals surface area contributed by atoms with Crippen molar-refractivity contribution in [1.82, 2.24) is 4.90 Å². The van der Waals surface area contributed by atoms with E-state index < -0.39 is 23.2 Å². The largest absolute Gasteiger partial charge is 0.480 e. The van der Waals surface area contributed by atoms with Gasteiger partial charge in [0.2, 0.25) is 0 Å². The van der Waals surface area contributed by atoms with Crippen molar-refractivity contribution in [2.24, 2.45) is 5.73 Å². The number of benzene rings is 1. The van der Waals surface area contributed by atoms with Crippen LogP contribution in [0.25, 0.3) is 0 Å². The number of likely N-dealkylation sites (tertiary alicyclic amines) is 1. The van der Waals surface area contributed by atoms with Gasteiger partial charge in [-0.3, -0.25) is 4.90 Å². The molecule has 0 aliphatic carbocycles. The van der Waals surface area contributed by atoms with Crippen molar-refractivity contribution in [1.29, 1.82) is 0 Å². The Morgan fingerprint density at radius 1 is 1.28 bits per heavy atom. The van der Waals surface area contributed by atoms with Crippen molar-refractivity contribution in [3.05, 3.63) is 35.9 Å². The fourth-order valence-electron chi connectivity index (χ4n) is 2.55. The fraction of sp³-hybridized carbons (Fsp3) is 0.579. The van der Waals surface area contributed by atoms with Gasteiger partial charge in [-0.15, -0.1) is 0 Å². The number of carboxylic acids is 1. The molecule has 1 aliphatic heterocycles. The minimum atomic E-state index is -1.12. The number of nitrogens with two attached hydrogens (primary N) is 1. The molecular formula is C19H30N2O4. The van der Waals surface area contributed by atoms with Gasteiger partial charge in [0.25, 0.3) is 0 Å². The molecule has 0 bridgehead atoms. The van der Waals surface area contributed by atoms with E-state index in [1.165, 1.54) is 10.5 Å². The van der Waals surface area contributed by atoms with Gasteiger partial charge < -0.3 is 15.6 Å². The molecule has 3 N–H and O–H groups in total. The Hall–Kier alpha value is -2.08. The van der Waals surface area contributed by atoms with E-state index in [4.69, 9.17) is 15.6 Å². The van der Waals surface area contributed by atoms with Crippen LogP contribution < -0.4 is 5.73 Å². The summed E-state index contributed by atoms with van der Waals surface area (Å²) in [4.78, 5) is 24.3. The lowest BCUT2D eigenvalue weighted by atomic mass is 10.00. The average Bonchev–Trinajstić information content (AvgIpc) is 2.90. The van der Waals surface area contributed by atoms with E-state index in [1.54, 1.807) is 27.7 Å². The van der Waals surface area contributed by atoms with Gasteiger partial charge in [0, 0.05) is 12.6 Å². The van der Waals surface area contributed by atoms with E-state index in [0.29, 0.717) is 19.4 Å². The zero-order valence-corrected chi connectivity index (χ0v) is 15.8. The number of amides is 1. The third-order valence-electron chi connectivity index (χ3n) is 4.04. The lowest BCUT2D eigenvalue weighted by Crippen LogP contribution is -2.52. The van der Waals surface area contributed by atoms with Crippen LogP contribution in [0.15, 0.2) is 30.3 Å². The van der Waals surface area contributed by atoms with Gasteiger partial charge in [-0.2, -0.15) is 0 Å². The van der Waals surface area contributed by atoms with Crippen LogP contribution in [-0.2, 0) is 9.53 Å². The number of ether oxygens (including phenoxy) is 1. The predicted molar refractivity (Wildman–Crippen MR) is 97.3 cm³/mol. The van der Waals surface area contributed by atoms with Crippen LogP contribution >= 0.6 is 0 Å². The highest BCUT2D eigenvalue weighted by Crippen LogP contribution is 2.30. The summed E-state index contributed by atoms with van der Waals surface area (Å²) in [7, 11) is 0. The SMILES string of the molecule is CC(C)(C)OC(=O)N1CCC[C@@]1(C)C(=O)O.C[C@@H](N)c1ccccc1. The fourth-order valence-corrected chi connectivity index (χ4v) is 2.55. The van der Waals surface area contributed by atoms with Gasteiger partial charge in [0.15, 0.2) is 0 Å². The lowest BCUT2D eigenvalue weighted by Gasteiger charge is -2.32. The Labute approximate surface area is 150 Å². The second kappa shape index (κ2) is 8.34. The molecule has 6 nitrogen and oxygen atoms in total. The minimum absolute atomic E-state index is 0.159. The lowest BCUT2D eigenvalue weighted by molar-refractivity contribution is -0.148. The Morgan fingerprint density at radius 3 is 2.24 bits per heavy atom. The summed E-state index contributed by atoms with van der Waals surface area (Å²) in [5, 5.41) is 9.14. The van der Waals surface area contributed by atoms with Crippen molar-refractivity contribution in [3.63, 3.8) is 0 Å². The first-order valence-electron chi connectivity index (χ1n) is 8.52. The number of nitrogens with zero attached hydrogens (tertiary/aromatic N) is 1. The molecule has 6 heteroatoms. The number of carbonyl (C=O) groups excluding carboxylic acids is 1. The molecule has 1 fully saturated rings. The maximum atomic E-state index is 11.8. The molecule has 0 saturated carbocycles. The summed E-state index contributed by atoms with van der Waals surface area (Å²) in [5.41, 5.74) is 5.09. The molecule has 1 aromatic carbocycles. The highest BCUT2D eigenvalue weighted by atomic mass is 16.6. The molecule has 140 valence electrons. The van der Waals surface area contributed by atoms with Crippen LogP contribution in [0.2, 0.25) is 0 Å².